The fraction of sp³-hybridized carbons (Fsp3) is 0.440. The standard InChI is InChI=1S/C25H29NO4/c1-3-20(25(27)28)22-11-9-18-15-19(10-12-21(18)22)29-14-13-23-16(2)26-24(30-23)17-7-5-4-6-8-17/h4-8,12,15,19-20,22H,3,9-11,13-14H2,1-2H3,(H,27,28). The maximum Gasteiger partial charge on any atom is 0.307 e. The van der Waals surface area contributed by atoms with Gasteiger partial charge in [-0.05, 0) is 61.8 Å². The van der Waals surface area contributed by atoms with E-state index in [9.17, 15) is 9.90 Å². The first kappa shape index (κ1) is 20.6. The second-order valence-electron chi connectivity index (χ2n) is 8.14. The average molecular weight is 408 g/mol. The Balaban J connectivity index is 1.33. The number of rotatable bonds is 8. The molecule has 5 nitrogen and oxygen atoms in total. The van der Waals surface area contributed by atoms with Gasteiger partial charge in [-0.3, -0.25) is 4.79 Å². The molecule has 5 heteroatoms. The minimum absolute atomic E-state index is 0.0456. The van der Waals surface area contributed by atoms with Crippen LogP contribution < -0.4 is 0 Å². The number of allylic oxidation sites excluding steroid dienone is 2. The molecule has 1 N–H and O–H groups in total. The van der Waals surface area contributed by atoms with E-state index in [1.165, 1.54) is 11.1 Å². The molecule has 1 aromatic carbocycles. The van der Waals surface area contributed by atoms with Gasteiger partial charge in [0, 0.05) is 12.0 Å². The van der Waals surface area contributed by atoms with Gasteiger partial charge in [-0.2, -0.15) is 0 Å². The smallest absolute Gasteiger partial charge is 0.307 e. The zero-order chi connectivity index (χ0) is 21.1. The molecule has 1 fully saturated rings. The van der Waals surface area contributed by atoms with E-state index < -0.39 is 5.97 Å². The number of hydrogen-bond acceptors (Lipinski definition) is 4. The summed E-state index contributed by atoms with van der Waals surface area (Å²) in [4.78, 5) is 16.1. The quantitative estimate of drug-likeness (QED) is 0.638. The Labute approximate surface area is 177 Å². The van der Waals surface area contributed by atoms with Crippen LogP contribution in [-0.4, -0.2) is 28.8 Å². The van der Waals surface area contributed by atoms with E-state index >= 15 is 0 Å². The number of benzene rings is 1. The van der Waals surface area contributed by atoms with Crippen LogP contribution >= 0.6 is 0 Å². The summed E-state index contributed by atoms with van der Waals surface area (Å²) in [7, 11) is 0. The molecule has 0 spiro atoms. The minimum atomic E-state index is -0.680. The van der Waals surface area contributed by atoms with Crippen LogP contribution in [0.4, 0.5) is 0 Å². The Kier molecular flexibility index (Phi) is 6.18. The number of carbonyl (C=O) groups is 1. The van der Waals surface area contributed by atoms with E-state index in [1.807, 2.05) is 44.2 Å². The van der Waals surface area contributed by atoms with Gasteiger partial charge in [-0.1, -0.05) is 37.3 Å². The summed E-state index contributed by atoms with van der Waals surface area (Å²) in [6.07, 6.45) is 8.48. The zero-order valence-electron chi connectivity index (χ0n) is 17.6. The highest BCUT2D eigenvalue weighted by atomic mass is 16.5. The first-order valence-electron chi connectivity index (χ1n) is 10.8. The monoisotopic (exact) mass is 407 g/mol. The number of carboxylic acids is 1. The van der Waals surface area contributed by atoms with Crippen LogP contribution in [0.3, 0.4) is 0 Å². The topological polar surface area (TPSA) is 72.6 Å². The zero-order valence-corrected chi connectivity index (χ0v) is 17.6. The largest absolute Gasteiger partial charge is 0.481 e. The van der Waals surface area contributed by atoms with Gasteiger partial charge in [0.1, 0.15) is 5.76 Å². The molecule has 0 amide bonds. The molecule has 0 bridgehead atoms. The third-order valence-electron chi connectivity index (χ3n) is 6.27. The predicted octanol–water partition coefficient (Wildman–Crippen LogP) is 5.36. The summed E-state index contributed by atoms with van der Waals surface area (Å²) >= 11 is 0. The van der Waals surface area contributed by atoms with Gasteiger partial charge in [0.05, 0.1) is 24.3 Å². The summed E-state index contributed by atoms with van der Waals surface area (Å²) in [5.41, 5.74) is 4.39. The van der Waals surface area contributed by atoms with Crippen LogP contribution in [0.15, 0.2) is 58.0 Å². The number of hydrogen-bond donors (Lipinski definition) is 1. The van der Waals surface area contributed by atoms with Gasteiger partial charge in [0.15, 0.2) is 0 Å². The highest BCUT2D eigenvalue weighted by molar-refractivity contribution is 5.71. The van der Waals surface area contributed by atoms with Crippen molar-refractivity contribution in [1.29, 1.82) is 0 Å². The number of aromatic nitrogens is 1. The normalized spacial score (nSPS) is 21.7. The molecule has 3 atom stereocenters. The average Bonchev–Trinajstić information content (AvgIpc) is 3.33. The molecule has 0 radical (unpaired) electrons. The van der Waals surface area contributed by atoms with Crippen LogP contribution in [0, 0.1) is 18.8 Å². The molecule has 2 aliphatic carbocycles. The first-order valence-corrected chi connectivity index (χ1v) is 10.8. The molecule has 4 rings (SSSR count). The highest BCUT2D eigenvalue weighted by Crippen LogP contribution is 2.44. The van der Waals surface area contributed by atoms with Crippen LogP contribution in [0.2, 0.25) is 0 Å². The summed E-state index contributed by atoms with van der Waals surface area (Å²) < 4.78 is 12.1. The molecule has 1 aromatic heterocycles. The summed E-state index contributed by atoms with van der Waals surface area (Å²) in [6.45, 7) is 4.50. The molecule has 2 aromatic rings. The van der Waals surface area contributed by atoms with E-state index in [-0.39, 0.29) is 17.9 Å². The lowest BCUT2D eigenvalue weighted by Gasteiger charge is -2.24. The summed E-state index contributed by atoms with van der Waals surface area (Å²) in [5.74, 6) is 0.694. The summed E-state index contributed by atoms with van der Waals surface area (Å²) in [5, 5.41) is 9.51. The second kappa shape index (κ2) is 9.00. The number of fused-ring (bicyclic) bond motifs is 1. The maximum atomic E-state index is 11.6. The fourth-order valence-corrected chi connectivity index (χ4v) is 4.68. The van der Waals surface area contributed by atoms with Crippen molar-refractivity contribution in [3.63, 3.8) is 0 Å². The molecule has 1 saturated carbocycles. The Morgan fingerprint density at radius 3 is 2.87 bits per heavy atom. The number of oxazole rings is 1. The fourth-order valence-electron chi connectivity index (χ4n) is 4.68. The molecular weight excluding hydrogens is 378 g/mol. The molecule has 158 valence electrons. The lowest BCUT2D eigenvalue weighted by Crippen LogP contribution is -2.23. The lowest BCUT2D eigenvalue weighted by atomic mass is 9.83. The number of ether oxygens (including phenoxy) is 1. The van der Waals surface area contributed by atoms with E-state index in [4.69, 9.17) is 9.15 Å². The lowest BCUT2D eigenvalue weighted by molar-refractivity contribution is -0.143. The molecule has 2 aliphatic rings. The summed E-state index contributed by atoms with van der Waals surface area (Å²) in [6, 6.07) is 9.91. The molecule has 30 heavy (non-hydrogen) atoms. The second-order valence-corrected chi connectivity index (χ2v) is 8.14. The van der Waals surface area contributed by atoms with Gasteiger partial charge in [0.2, 0.25) is 5.89 Å². The number of carboxylic acid groups (broad SMARTS) is 1. The SMILES string of the molecule is CCC(C(=O)O)C1CCC2=CC(OCCc3oc(-c4ccccc4)nc3C)CC=C21. The third-order valence-corrected chi connectivity index (χ3v) is 6.27. The Bertz CT molecular complexity index is 957. The van der Waals surface area contributed by atoms with E-state index in [2.05, 4.69) is 17.1 Å². The molecule has 3 unspecified atom stereocenters. The van der Waals surface area contributed by atoms with E-state index in [1.54, 1.807) is 0 Å². The highest BCUT2D eigenvalue weighted by Gasteiger charge is 2.36. The minimum Gasteiger partial charge on any atom is -0.481 e. The van der Waals surface area contributed by atoms with Crippen LogP contribution in [0.25, 0.3) is 11.5 Å². The van der Waals surface area contributed by atoms with Crippen LogP contribution in [0.5, 0.6) is 0 Å². The number of nitrogens with zero attached hydrogens (tertiary/aromatic N) is 1. The van der Waals surface area contributed by atoms with E-state index in [0.717, 1.165) is 36.3 Å². The maximum absolute atomic E-state index is 11.6. The van der Waals surface area contributed by atoms with Crippen molar-refractivity contribution in [3.05, 3.63) is 65.1 Å². The van der Waals surface area contributed by atoms with Gasteiger partial charge in [-0.25, -0.2) is 4.98 Å². The van der Waals surface area contributed by atoms with E-state index in [0.29, 0.717) is 25.3 Å². The van der Waals surface area contributed by atoms with Crippen molar-refractivity contribution in [2.24, 2.45) is 11.8 Å². The van der Waals surface area contributed by atoms with Gasteiger partial charge in [-0.15, -0.1) is 0 Å². The Morgan fingerprint density at radius 2 is 2.13 bits per heavy atom. The van der Waals surface area contributed by atoms with Crippen molar-refractivity contribution < 1.29 is 19.1 Å². The van der Waals surface area contributed by atoms with Crippen molar-refractivity contribution in [2.45, 2.75) is 52.1 Å². The predicted molar refractivity (Wildman–Crippen MR) is 115 cm³/mol. The van der Waals surface area contributed by atoms with Crippen molar-refractivity contribution >= 4 is 5.97 Å². The molecular formula is C25H29NO4. The Morgan fingerprint density at radius 1 is 1.33 bits per heavy atom. The third kappa shape index (κ3) is 4.26. The molecule has 0 saturated heterocycles. The van der Waals surface area contributed by atoms with Gasteiger partial charge >= 0.3 is 5.97 Å². The molecule has 0 aliphatic heterocycles. The van der Waals surface area contributed by atoms with Crippen molar-refractivity contribution in [2.75, 3.05) is 6.61 Å². The van der Waals surface area contributed by atoms with Gasteiger partial charge in [0.25, 0.3) is 0 Å². The number of aryl methyl sites for hydroxylation is 1. The van der Waals surface area contributed by atoms with Crippen LogP contribution in [-0.2, 0) is 16.0 Å². The number of aliphatic carboxylic acids is 1. The molecule has 1 heterocycles. The van der Waals surface area contributed by atoms with Crippen LogP contribution in [0.1, 0.15) is 44.1 Å². The Hall–Kier alpha value is -2.66. The van der Waals surface area contributed by atoms with Gasteiger partial charge < -0.3 is 14.3 Å². The first-order chi connectivity index (χ1) is 14.6. The van der Waals surface area contributed by atoms with Crippen molar-refractivity contribution in [3.8, 4) is 11.5 Å². The van der Waals surface area contributed by atoms with Crippen molar-refractivity contribution in [1.82, 2.24) is 4.98 Å².